The molecule has 0 atom stereocenters. The molecule has 1 aliphatic heterocycles. The van der Waals surface area contributed by atoms with Crippen LogP contribution >= 0.6 is 11.6 Å². The van der Waals surface area contributed by atoms with Gasteiger partial charge in [0.2, 0.25) is 11.8 Å². The molecular weight excluding hydrogens is 328 g/mol. The minimum absolute atomic E-state index is 0.00377. The summed E-state index contributed by atoms with van der Waals surface area (Å²) in [4.78, 5) is 25.9. The summed E-state index contributed by atoms with van der Waals surface area (Å²) in [5, 5.41) is 3.70. The Kier molecular flexibility index (Phi) is 5.61. The predicted octanol–water partition coefficient (Wildman–Crippen LogP) is 2.63. The summed E-state index contributed by atoms with van der Waals surface area (Å²) < 4.78 is 5.53. The number of likely N-dealkylation sites (tertiary alicyclic amines) is 1. The number of halogens is 1. The molecule has 0 bridgehead atoms. The van der Waals surface area contributed by atoms with E-state index in [1.807, 2.05) is 4.90 Å². The number of hydrogen-bond acceptors (Lipinski definition) is 3. The van der Waals surface area contributed by atoms with Crippen LogP contribution in [-0.4, -0.2) is 42.5 Å². The fourth-order valence-electron chi connectivity index (χ4n) is 2.92. The minimum atomic E-state index is -0.00377. The molecule has 0 spiro atoms. The summed E-state index contributed by atoms with van der Waals surface area (Å²) in [7, 11) is 0. The Bertz CT molecular complexity index is 578. The summed E-state index contributed by atoms with van der Waals surface area (Å²) in [5.74, 6) is 1.28. The number of benzene rings is 1. The Hall–Kier alpha value is -1.75. The van der Waals surface area contributed by atoms with Crippen LogP contribution in [0, 0.1) is 5.92 Å². The van der Waals surface area contributed by atoms with Crippen molar-refractivity contribution in [1.29, 1.82) is 0 Å². The van der Waals surface area contributed by atoms with E-state index in [4.69, 9.17) is 16.3 Å². The van der Waals surface area contributed by atoms with Crippen molar-refractivity contribution in [3.8, 4) is 5.75 Å². The average Bonchev–Trinajstić information content (AvgIpc) is 3.42. The molecule has 1 saturated heterocycles. The number of carbonyl (C=O) groups is 2. The molecule has 6 heteroatoms. The highest BCUT2D eigenvalue weighted by Gasteiger charge is 2.35. The summed E-state index contributed by atoms with van der Waals surface area (Å²) in [6.45, 7) is 1.84. The van der Waals surface area contributed by atoms with Gasteiger partial charge in [-0.15, -0.1) is 0 Å². The molecule has 1 heterocycles. The third kappa shape index (κ3) is 4.87. The van der Waals surface area contributed by atoms with Crippen molar-refractivity contribution in [2.75, 3.05) is 19.7 Å². The van der Waals surface area contributed by atoms with Gasteiger partial charge in [0.1, 0.15) is 5.75 Å². The molecule has 2 amide bonds. The van der Waals surface area contributed by atoms with Crippen molar-refractivity contribution >= 4 is 23.4 Å². The maximum atomic E-state index is 12.0. The molecule has 0 unspecified atom stereocenters. The van der Waals surface area contributed by atoms with E-state index in [9.17, 15) is 9.59 Å². The first kappa shape index (κ1) is 17.1. The van der Waals surface area contributed by atoms with Crippen molar-refractivity contribution in [1.82, 2.24) is 10.2 Å². The largest absolute Gasteiger partial charge is 0.493 e. The van der Waals surface area contributed by atoms with Crippen LogP contribution in [0.15, 0.2) is 24.3 Å². The van der Waals surface area contributed by atoms with E-state index in [0.29, 0.717) is 29.7 Å². The third-order valence-electron chi connectivity index (χ3n) is 4.51. The Morgan fingerprint density at radius 3 is 2.42 bits per heavy atom. The molecule has 3 rings (SSSR count). The number of piperidine rings is 1. The van der Waals surface area contributed by atoms with E-state index < -0.39 is 0 Å². The Balaban J connectivity index is 1.32. The minimum Gasteiger partial charge on any atom is -0.493 e. The Morgan fingerprint density at radius 1 is 1.12 bits per heavy atom. The van der Waals surface area contributed by atoms with Gasteiger partial charge in [-0.2, -0.15) is 0 Å². The molecule has 2 fully saturated rings. The third-order valence-corrected chi connectivity index (χ3v) is 4.76. The van der Waals surface area contributed by atoms with E-state index in [2.05, 4.69) is 5.32 Å². The molecule has 5 nitrogen and oxygen atoms in total. The normalized spacial score (nSPS) is 18.3. The Morgan fingerprint density at radius 2 is 1.79 bits per heavy atom. The van der Waals surface area contributed by atoms with E-state index in [1.165, 1.54) is 0 Å². The number of amides is 2. The van der Waals surface area contributed by atoms with Crippen LogP contribution in [0.1, 0.15) is 32.1 Å². The number of hydrogen-bond donors (Lipinski definition) is 1. The summed E-state index contributed by atoms with van der Waals surface area (Å²) in [5.41, 5.74) is 0. The van der Waals surface area contributed by atoms with Gasteiger partial charge < -0.3 is 15.0 Å². The van der Waals surface area contributed by atoms with Crippen molar-refractivity contribution < 1.29 is 14.3 Å². The second-order valence-corrected chi connectivity index (χ2v) is 6.93. The monoisotopic (exact) mass is 350 g/mol. The van der Waals surface area contributed by atoms with Gasteiger partial charge >= 0.3 is 0 Å². The molecule has 1 N–H and O–H groups in total. The second kappa shape index (κ2) is 7.88. The van der Waals surface area contributed by atoms with Gasteiger partial charge in [0.25, 0.3) is 0 Å². The van der Waals surface area contributed by atoms with Crippen LogP contribution in [0.25, 0.3) is 0 Å². The highest BCUT2D eigenvalue weighted by molar-refractivity contribution is 6.30. The number of ether oxygens (including phenoxy) is 1. The highest BCUT2D eigenvalue weighted by Crippen LogP contribution is 2.31. The lowest BCUT2D eigenvalue weighted by molar-refractivity contribution is -0.133. The topological polar surface area (TPSA) is 58.6 Å². The van der Waals surface area contributed by atoms with Gasteiger partial charge in [-0.25, -0.2) is 0 Å². The van der Waals surface area contributed by atoms with Gasteiger partial charge in [0, 0.05) is 30.1 Å². The maximum Gasteiger partial charge on any atom is 0.225 e. The zero-order valence-corrected chi connectivity index (χ0v) is 14.4. The first-order valence-corrected chi connectivity index (χ1v) is 8.96. The zero-order chi connectivity index (χ0) is 16.9. The van der Waals surface area contributed by atoms with E-state index >= 15 is 0 Å². The molecule has 2 aliphatic rings. The fraction of sp³-hybridized carbons (Fsp3) is 0.556. The first-order valence-electron chi connectivity index (χ1n) is 8.58. The molecule has 1 aromatic carbocycles. The number of nitrogens with one attached hydrogen (secondary N) is 1. The summed E-state index contributed by atoms with van der Waals surface area (Å²) >= 11 is 5.81. The number of rotatable bonds is 6. The maximum absolute atomic E-state index is 12.0. The van der Waals surface area contributed by atoms with Crippen LogP contribution in [0.3, 0.4) is 0 Å². The lowest BCUT2D eigenvalue weighted by Gasteiger charge is -2.32. The van der Waals surface area contributed by atoms with Gasteiger partial charge in [0.15, 0.2) is 0 Å². The smallest absolute Gasteiger partial charge is 0.225 e. The average molecular weight is 351 g/mol. The van der Waals surface area contributed by atoms with Gasteiger partial charge in [-0.3, -0.25) is 9.59 Å². The zero-order valence-electron chi connectivity index (χ0n) is 13.7. The standard InChI is InChI=1S/C18H23ClN2O3/c19-14-3-5-16(6-4-14)24-12-9-17(22)20-15-7-10-21(11-8-15)18(23)13-1-2-13/h3-6,13,15H,1-2,7-12H2,(H,20,22). The van der Waals surface area contributed by atoms with Crippen LogP contribution in [0.4, 0.5) is 0 Å². The first-order chi connectivity index (χ1) is 11.6. The molecule has 0 radical (unpaired) electrons. The van der Waals surface area contributed by atoms with Crippen LogP contribution in [0.5, 0.6) is 5.75 Å². The molecule has 1 aliphatic carbocycles. The Labute approximate surface area is 147 Å². The van der Waals surface area contributed by atoms with Crippen molar-refractivity contribution in [3.63, 3.8) is 0 Å². The lowest BCUT2D eigenvalue weighted by atomic mass is 10.0. The van der Waals surface area contributed by atoms with Crippen LogP contribution in [-0.2, 0) is 9.59 Å². The van der Waals surface area contributed by atoms with Crippen molar-refractivity contribution in [2.45, 2.75) is 38.1 Å². The SMILES string of the molecule is O=C(CCOc1ccc(Cl)cc1)NC1CCN(C(=O)C2CC2)CC1. The van der Waals surface area contributed by atoms with Gasteiger partial charge in [-0.1, -0.05) is 11.6 Å². The lowest BCUT2D eigenvalue weighted by Crippen LogP contribution is -2.47. The van der Waals surface area contributed by atoms with Crippen LogP contribution < -0.4 is 10.1 Å². The number of nitrogens with zero attached hydrogens (tertiary/aromatic N) is 1. The molecule has 0 aromatic heterocycles. The van der Waals surface area contributed by atoms with Gasteiger partial charge in [-0.05, 0) is 49.9 Å². The molecule has 130 valence electrons. The second-order valence-electron chi connectivity index (χ2n) is 6.49. The summed E-state index contributed by atoms with van der Waals surface area (Å²) in [6.07, 6.45) is 4.08. The van der Waals surface area contributed by atoms with E-state index in [0.717, 1.165) is 38.8 Å². The van der Waals surface area contributed by atoms with Crippen LogP contribution in [0.2, 0.25) is 5.02 Å². The van der Waals surface area contributed by atoms with E-state index in [1.54, 1.807) is 24.3 Å². The molecule has 24 heavy (non-hydrogen) atoms. The molecular formula is C18H23ClN2O3. The molecule has 1 saturated carbocycles. The van der Waals surface area contributed by atoms with Crippen molar-refractivity contribution in [3.05, 3.63) is 29.3 Å². The summed E-state index contributed by atoms with van der Waals surface area (Å²) in [6, 6.07) is 7.25. The quantitative estimate of drug-likeness (QED) is 0.858. The van der Waals surface area contributed by atoms with E-state index in [-0.39, 0.29) is 17.9 Å². The fourth-order valence-corrected chi connectivity index (χ4v) is 3.05. The van der Waals surface area contributed by atoms with Crippen molar-refractivity contribution in [2.24, 2.45) is 5.92 Å². The predicted molar refractivity (Wildman–Crippen MR) is 92.0 cm³/mol. The van der Waals surface area contributed by atoms with Gasteiger partial charge in [0.05, 0.1) is 13.0 Å². The number of carbonyl (C=O) groups excluding carboxylic acids is 2. The highest BCUT2D eigenvalue weighted by atomic mass is 35.5. The molecule has 1 aromatic rings.